The van der Waals surface area contributed by atoms with E-state index < -0.39 is 0 Å². The molecule has 0 aromatic carbocycles. The number of nitrogens with one attached hydrogen (secondary N) is 1. The first-order valence-electron chi connectivity index (χ1n) is 6.51. The highest BCUT2D eigenvalue weighted by Gasteiger charge is 2.06. The van der Waals surface area contributed by atoms with Crippen LogP contribution in [-0.4, -0.2) is 12.1 Å². The third-order valence-electron chi connectivity index (χ3n) is 2.65. The van der Waals surface area contributed by atoms with Crippen molar-refractivity contribution in [3.8, 4) is 0 Å². The predicted molar refractivity (Wildman–Crippen MR) is 72.3 cm³/mol. The van der Waals surface area contributed by atoms with E-state index >= 15 is 0 Å². The molecule has 0 radical (unpaired) electrons. The average Bonchev–Trinajstić information content (AvgIpc) is 2.37. The van der Waals surface area contributed by atoms with Gasteiger partial charge >= 0.3 is 0 Å². The average molecular weight is 248 g/mol. The fraction of sp³-hybridized carbons (Fsp3) is 0.500. The second-order valence-corrected chi connectivity index (χ2v) is 4.36. The summed E-state index contributed by atoms with van der Waals surface area (Å²) in [5, 5.41) is 3.94. The number of hydrogen-bond donors (Lipinski definition) is 1. The predicted octanol–water partition coefficient (Wildman–Crippen LogP) is 2.20. The van der Waals surface area contributed by atoms with Crippen molar-refractivity contribution in [1.82, 2.24) is 5.43 Å². The lowest BCUT2D eigenvalue weighted by molar-refractivity contribution is -0.671. The molecule has 1 amide bonds. The number of aromatic nitrogens is 1. The van der Waals surface area contributed by atoms with E-state index in [2.05, 4.69) is 17.5 Å². The third-order valence-corrected chi connectivity index (χ3v) is 2.65. The summed E-state index contributed by atoms with van der Waals surface area (Å²) < 4.78 is 1.84. The number of pyridine rings is 1. The van der Waals surface area contributed by atoms with Crippen LogP contribution in [0, 0.1) is 0 Å². The van der Waals surface area contributed by atoms with Crippen molar-refractivity contribution in [3.05, 3.63) is 30.1 Å². The minimum Gasteiger partial charge on any atom is -0.267 e. The van der Waals surface area contributed by atoms with Gasteiger partial charge in [0.25, 0.3) is 5.91 Å². The molecular formula is C14H22N3O+. The molecule has 1 rings (SSSR count). The van der Waals surface area contributed by atoms with Gasteiger partial charge in [0, 0.05) is 12.3 Å². The lowest BCUT2D eigenvalue weighted by Gasteiger charge is -1.98. The molecule has 18 heavy (non-hydrogen) atoms. The molecule has 0 saturated heterocycles. The first-order valence-corrected chi connectivity index (χ1v) is 6.51. The Kier molecular flexibility index (Phi) is 6.69. The van der Waals surface area contributed by atoms with E-state index in [1.54, 1.807) is 18.5 Å². The largest absolute Gasteiger partial charge is 0.277 e. The minimum atomic E-state index is -0.170. The topological polar surface area (TPSA) is 45.3 Å². The molecule has 0 bridgehead atoms. The Balaban J connectivity index is 2.26. The van der Waals surface area contributed by atoms with E-state index in [0.717, 1.165) is 12.8 Å². The number of aryl methyl sites for hydroxylation is 1. The molecule has 0 aliphatic carbocycles. The molecule has 1 heterocycles. The molecule has 0 saturated carbocycles. The van der Waals surface area contributed by atoms with Gasteiger partial charge in [0.15, 0.2) is 12.4 Å². The smallest absolute Gasteiger partial charge is 0.267 e. The first kappa shape index (κ1) is 14.4. The molecule has 1 aromatic rings. The summed E-state index contributed by atoms with van der Waals surface area (Å²) in [6.07, 6.45) is 11.2. The molecular weight excluding hydrogens is 226 g/mol. The molecule has 1 aromatic heterocycles. The van der Waals surface area contributed by atoms with Crippen LogP contribution in [0.5, 0.6) is 0 Å². The highest BCUT2D eigenvalue weighted by Crippen LogP contribution is 2.00. The van der Waals surface area contributed by atoms with Crippen molar-refractivity contribution >= 4 is 12.1 Å². The maximum absolute atomic E-state index is 11.7. The zero-order valence-electron chi connectivity index (χ0n) is 11.2. The van der Waals surface area contributed by atoms with Crippen molar-refractivity contribution in [2.45, 2.75) is 39.0 Å². The van der Waals surface area contributed by atoms with Gasteiger partial charge in [-0.2, -0.15) is 5.10 Å². The van der Waals surface area contributed by atoms with E-state index in [1.807, 2.05) is 23.9 Å². The molecule has 4 heteroatoms. The van der Waals surface area contributed by atoms with Gasteiger partial charge in [0.1, 0.15) is 12.6 Å². The number of hydrogen-bond acceptors (Lipinski definition) is 2. The van der Waals surface area contributed by atoms with Crippen LogP contribution in [0.3, 0.4) is 0 Å². The zero-order valence-corrected chi connectivity index (χ0v) is 11.2. The molecule has 4 nitrogen and oxygen atoms in total. The molecule has 0 spiro atoms. The molecule has 0 fully saturated rings. The highest BCUT2D eigenvalue weighted by molar-refractivity contribution is 5.93. The number of carbonyl (C=O) groups is 1. The molecule has 0 aliphatic rings. The van der Waals surface area contributed by atoms with Crippen LogP contribution in [0.25, 0.3) is 0 Å². The van der Waals surface area contributed by atoms with E-state index in [4.69, 9.17) is 0 Å². The van der Waals surface area contributed by atoms with E-state index in [9.17, 15) is 4.79 Å². The second-order valence-electron chi connectivity index (χ2n) is 4.36. The second kappa shape index (κ2) is 8.39. The summed E-state index contributed by atoms with van der Waals surface area (Å²) in [7, 11) is 1.88. The van der Waals surface area contributed by atoms with E-state index in [-0.39, 0.29) is 5.91 Å². The highest BCUT2D eigenvalue weighted by atomic mass is 16.2. The summed E-state index contributed by atoms with van der Waals surface area (Å²) in [5.41, 5.74) is 3.15. The van der Waals surface area contributed by atoms with Crippen LogP contribution in [-0.2, 0) is 7.05 Å². The number of amides is 1. The standard InChI is InChI=1S/C14H21N3O/c1-3-4-5-6-7-10-15-16-14(18)13-9-8-11-17(2)12-13/h8-12H,3-7H2,1-2H3/p+1. The number of hydrazone groups is 1. The van der Waals surface area contributed by atoms with E-state index in [1.165, 1.54) is 19.3 Å². The van der Waals surface area contributed by atoms with Crippen LogP contribution in [0.4, 0.5) is 0 Å². The monoisotopic (exact) mass is 248 g/mol. The maximum Gasteiger partial charge on any atom is 0.277 e. The van der Waals surface area contributed by atoms with Crippen LogP contribution in [0.1, 0.15) is 49.4 Å². The van der Waals surface area contributed by atoms with Crippen molar-refractivity contribution < 1.29 is 9.36 Å². The van der Waals surface area contributed by atoms with Crippen molar-refractivity contribution in [1.29, 1.82) is 0 Å². The van der Waals surface area contributed by atoms with Crippen LogP contribution < -0.4 is 9.99 Å². The Morgan fingerprint density at radius 2 is 2.28 bits per heavy atom. The van der Waals surface area contributed by atoms with Gasteiger partial charge in [-0.3, -0.25) is 4.79 Å². The van der Waals surface area contributed by atoms with Crippen LogP contribution >= 0.6 is 0 Å². The third kappa shape index (κ3) is 5.57. The molecule has 0 atom stereocenters. The van der Waals surface area contributed by atoms with Gasteiger partial charge in [0.05, 0.1) is 0 Å². The SMILES string of the molecule is CCCCCCC=NNC(=O)c1ccc[n+](C)c1. The van der Waals surface area contributed by atoms with Crippen molar-refractivity contribution in [2.24, 2.45) is 12.1 Å². The molecule has 0 aliphatic heterocycles. The Labute approximate surface area is 109 Å². The summed E-state index contributed by atoms with van der Waals surface area (Å²) in [6.45, 7) is 2.19. The lowest BCUT2D eigenvalue weighted by atomic mass is 10.2. The van der Waals surface area contributed by atoms with Gasteiger partial charge in [-0.05, 0) is 18.9 Å². The Morgan fingerprint density at radius 3 is 3.00 bits per heavy atom. The fourth-order valence-electron chi connectivity index (χ4n) is 1.62. The van der Waals surface area contributed by atoms with Gasteiger partial charge in [-0.15, -0.1) is 0 Å². The Morgan fingerprint density at radius 1 is 1.44 bits per heavy atom. The zero-order chi connectivity index (χ0) is 13.2. The first-order chi connectivity index (χ1) is 8.74. The Hall–Kier alpha value is -1.71. The molecule has 1 N–H and O–H groups in total. The quantitative estimate of drug-likeness (QED) is 0.342. The Bertz CT molecular complexity index is 402. The van der Waals surface area contributed by atoms with Gasteiger partial charge in [-0.1, -0.05) is 26.2 Å². The normalized spacial score (nSPS) is 10.8. The van der Waals surface area contributed by atoms with Gasteiger partial charge < -0.3 is 0 Å². The molecule has 98 valence electrons. The summed E-state index contributed by atoms with van der Waals surface area (Å²) >= 11 is 0. The van der Waals surface area contributed by atoms with Gasteiger partial charge in [-0.25, -0.2) is 9.99 Å². The number of nitrogens with zero attached hydrogens (tertiary/aromatic N) is 2. The maximum atomic E-state index is 11.7. The summed E-state index contributed by atoms with van der Waals surface area (Å²) in [4.78, 5) is 11.7. The summed E-state index contributed by atoms with van der Waals surface area (Å²) in [6, 6.07) is 3.61. The van der Waals surface area contributed by atoms with Crippen molar-refractivity contribution in [3.63, 3.8) is 0 Å². The minimum absolute atomic E-state index is 0.170. The number of carbonyl (C=O) groups excluding carboxylic acids is 1. The summed E-state index contributed by atoms with van der Waals surface area (Å²) in [5.74, 6) is -0.170. The van der Waals surface area contributed by atoms with Gasteiger partial charge in [0.2, 0.25) is 0 Å². The lowest BCUT2D eigenvalue weighted by Crippen LogP contribution is -2.29. The van der Waals surface area contributed by atoms with Crippen LogP contribution in [0.15, 0.2) is 29.6 Å². The fourth-order valence-corrected chi connectivity index (χ4v) is 1.62. The molecule has 0 unspecified atom stereocenters. The number of unbranched alkanes of at least 4 members (excludes halogenated alkanes) is 4. The number of rotatable bonds is 7. The van der Waals surface area contributed by atoms with Crippen LogP contribution in [0.2, 0.25) is 0 Å². The van der Waals surface area contributed by atoms with E-state index in [0.29, 0.717) is 5.56 Å². The van der Waals surface area contributed by atoms with Crippen molar-refractivity contribution in [2.75, 3.05) is 0 Å².